The molecule has 1 N–H and O–H groups in total. The highest BCUT2D eigenvalue weighted by Gasteiger charge is 2.12. The first kappa shape index (κ1) is 16.1. The van der Waals surface area contributed by atoms with E-state index < -0.39 is 6.10 Å². The summed E-state index contributed by atoms with van der Waals surface area (Å²) in [6.45, 7) is 3.80. The maximum absolute atomic E-state index is 12.7. The van der Waals surface area contributed by atoms with Crippen molar-refractivity contribution in [1.29, 1.82) is 0 Å². The Bertz CT molecular complexity index is 391. The van der Waals surface area contributed by atoms with Gasteiger partial charge in [-0.05, 0) is 17.7 Å². The van der Waals surface area contributed by atoms with Crippen LogP contribution in [0.2, 0.25) is 0 Å². The summed E-state index contributed by atoms with van der Waals surface area (Å²) >= 11 is 0. The topological polar surface area (TPSA) is 32.7 Å². The highest BCUT2D eigenvalue weighted by atomic mass is 35.5. The van der Waals surface area contributed by atoms with Gasteiger partial charge < -0.3 is 9.84 Å². The van der Waals surface area contributed by atoms with Gasteiger partial charge >= 0.3 is 0 Å². The van der Waals surface area contributed by atoms with Crippen LogP contribution >= 0.6 is 12.4 Å². The average molecular weight is 288 g/mol. The number of nitrogens with zero attached hydrogens (tertiary/aromatic N) is 1. The molecular weight excluding hydrogens is 269 g/mol. The molecule has 1 atom stereocenters. The van der Waals surface area contributed by atoms with Crippen molar-refractivity contribution >= 4 is 18.5 Å². The Morgan fingerprint density at radius 3 is 2.53 bits per heavy atom. The molecule has 0 amide bonds. The molecule has 106 valence electrons. The van der Waals surface area contributed by atoms with Gasteiger partial charge in [0.25, 0.3) is 0 Å². The summed E-state index contributed by atoms with van der Waals surface area (Å²) in [6.07, 6.45) is 3.04. The molecule has 1 aliphatic heterocycles. The van der Waals surface area contributed by atoms with E-state index in [1.165, 1.54) is 12.1 Å². The molecule has 1 fully saturated rings. The molecule has 0 radical (unpaired) electrons. The lowest BCUT2D eigenvalue weighted by Crippen LogP contribution is -2.40. The number of aliphatic hydroxyl groups is 1. The van der Waals surface area contributed by atoms with E-state index in [0.717, 1.165) is 31.9 Å². The van der Waals surface area contributed by atoms with Crippen LogP contribution in [-0.2, 0) is 4.74 Å². The predicted molar refractivity (Wildman–Crippen MR) is 75.9 cm³/mol. The number of morpholine rings is 1. The average Bonchev–Trinajstić information content (AvgIpc) is 2.39. The molecule has 1 aromatic carbocycles. The number of hydrogen-bond acceptors (Lipinski definition) is 3. The van der Waals surface area contributed by atoms with Gasteiger partial charge in [0.05, 0.1) is 19.3 Å². The molecule has 1 saturated heterocycles. The van der Waals surface area contributed by atoms with E-state index >= 15 is 0 Å². The minimum absolute atomic E-state index is 0. The third kappa shape index (κ3) is 5.70. The first-order chi connectivity index (χ1) is 8.74. The molecule has 0 aromatic heterocycles. The van der Waals surface area contributed by atoms with Gasteiger partial charge in [-0.3, -0.25) is 4.90 Å². The van der Waals surface area contributed by atoms with Gasteiger partial charge in [0.15, 0.2) is 0 Å². The monoisotopic (exact) mass is 287 g/mol. The van der Waals surface area contributed by atoms with Gasteiger partial charge in [-0.25, -0.2) is 4.39 Å². The van der Waals surface area contributed by atoms with Crippen molar-refractivity contribution in [2.75, 3.05) is 32.8 Å². The van der Waals surface area contributed by atoms with Crippen molar-refractivity contribution in [2.45, 2.75) is 6.10 Å². The summed E-state index contributed by atoms with van der Waals surface area (Å²) in [7, 11) is 0. The molecule has 1 heterocycles. The predicted octanol–water partition coefficient (Wildman–Crippen LogP) is 1.95. The molecule has 3 nitrogen and oxygen atoms in total. The SMILES string of the molecule is Cl.OC(/C=C/c1ccc(F)cc1)CN1CCOCC1. The third-order valence-corrected chi connectivity index (χ3v) is 2.93. The van der Waals surface area contributed by atoms with Crippen LogP contribution in [0.5, 0.6) is 0 Å². The van der Waals surface area contributed by atoms with E-state index in [0.29, 0.717) is 6.54 Å². The number of ether oxygens (including phenoxy) is 1. The number of aliphatic hydroxyl groups excluding tert-OH is 1. The second kappa shape index (κ2) is 8.27. The molecule has 0 bridgehead atoms. The Labute approximate surface area is 119 Å². The highest BCUT2D eigenvalue weighted by Crippen LogP contribution is 2.06. The number of hydrogen-bond donors (Lipinski definition) is 1. The fourth-order valence-corrected chi connectivity index (χ4v) is 1.91. The molecule has 1 aromatic rings. The van der Waals surface area contributed by atoms with Gasteiger partial charge in [0, 0.05) is 19.6 Å². The Hall–Kier alpha value is -0.940. The van der Waals surface area contributed by atoms with Crippen LogP contribution in [0.3, 0.4) is 0 Å². The lowest BCUT2D eigenvalue weighted by atomic mass is 10.2. The van der Waals surface area contributed by atoms with Gasteiger partial charge in [-0.2, -0.15) is 0 Å². The van der Waals surface area contributed by atoms with E-state index in [2.05, 4.69) is 4.90 Å². The molecule has 2 rings (SSSR count). The van der Waals surface area contributed by atoms with E-state index in [4.69, 9.17) is 4.74 Å². The Morgan fingerprint density at radius 2 is 1.89 bits per heavy atom. The molecule has 0 spiro atoms. The fraction of sp³-hybridized carbons (Fsp3) is 0.429. The largest absolute Gasteiger partial charge is 0.388 e. The van der Waals surface area contributed by atoms with Crippen LogP contribution in [0.15, 0.2) is 30.3 Å². The van der Waals surface area contributed by atoms with Crippen molar-refractivity contribution in [3.05, 3.63) is 41.7 Å². The minimum atomic E-state index is -0.506. The molecular formula is C14H19ClFNO2. The van der Waals surface area contributed by atoms with Gasteiger partial charge in [-0.15, -0.1) is 12.4 Å². The van der Waals surface area contributed by atoms with Crippen molar-refractivity contribution in [3.8, 4) is 0 Å². The number of halogens is 2. The van der Waals surface area contributed by atoms with Crippen molar-refractivity contribution < 1.29 is 14.2 Å². The Balaban J connectivity index is 0.00000180. The molecule has 0 aliphatic carbocycles. The molecule has 1 unspecified atom stereocenters. The summed E-state index contributed by atoms with van der Waals surface area (Å²) in [4.78, 5) is 2.17. The van der Waals surface area contributed by atoms with E-state index in [1.807, 2.05) is 6.08 Å². The maximum Gasteiger partial charge on any atom is 0.123 e. The summed E-state index contributed by atoms with van der Waals surface area (Å²) in [5.41, 5.74) is 0.887. The van der Waals surface area contributed by atoms with Crippen LogP contribution in [0, 0.1) is 5.82 Å². The smallest absolute Gasteiger partial charge is 0.123 e. The first-order valence-corrected chi connectivity index (χ1v) is 6.16. The quantitative estimate of drug-likeness (QED) is 0.919. The molecule has 19 heavy (non-hydrogen) atoms. The van der Waals surface area contributed by atoms with Crippen LogP contribution in [0.4, 0.5) is 4.39 Å². The zero-order valence-corrected chi connectivity index (χ0v) is 11.5. The second-order valence-electron chi connectivity index (χ2n) is 4.39. The summed E-state index contributed by atoms with van der Waals surface area (Å²) in [6, 6.07) is 6.20. The third-order valence-electron chi connectivity index (χ3n) is 2.93. The summed E-state index contributed by atoms with van der Waals surface area (Å²) in [5, 5.41) is 9.87. The lowest BCUT2D eigenvalue weighted by Gasteiger charge is -2.27. The fourth-order valence-electron chi connectivity index (χ4n) is 1.91. The Morgan fingerprint density at radius 1 is 1.26 bits per heavy atom. The van der Waals surface area contributed by atoms with Crippen LogP contribution < -0.4 is 0 Å². The number of benzene rings is 1. The zero-order chi connectivity index (χ0) is 12.8. The first-order valence-electron chi connectivity index (χ1n) is 6.16. The van der Waals surface area contributed by atoms with Gasteiger partial charge in [-0.1, -0.05) is 24.3 Å². The van der Waals surface area contributed by atoms with E-state index in [9.17, 15) is 9.50 Å². The van der Waals surface area contributed by atoms with E-state index in [1.54, 1.807) is 18.2 Å². The van der Waals surface area contributed by atoms with Gasteiger partial charge in [0.2, 0.25) is 0 Å². The standard InChI is InChI=1S/C14H18FNO2.ClH/c15-13-4-1-12(2-5-13)3-6-14(17)11-16-7-9-18-10-8-16;/h1-6,14,17H,7-11H2;1H/b6-3+;. The molecule has 0 saturated carbocycles. The lowest BCUT2D eigenvalue weighted by molar-refractivity contribution is 0.0223. The zero-order valence-electron chi connectivity index (χ0n) is 10.7. The highest BCUT2D eigenvalue weighted by molar-refractivity contribution is 5.85. The summed E-state index contributed by atoms with van der Waals surface area (Å²) < 4.78 is 17.9. The molecule has 1 aliphatic rings. The van der Waals surface area contributed by atoms with Crippen molar-refractivity contribution in [2.24, 2.45) is 0 Å². The Kier molecular flexibility index (Phi) is 7.02. The van der Waals surface area contributed by atoms with Crippen LogP contribution in [-0.4, -0.2) is 49.0 Å². The van der Waals surface area contributed by atoms with E-state index in [-0.39, 0.29) is 18.2 Å². The number of β-amino-alcohol motifs (C(OH)–C–C–N with tert-alkyl or cyclic N) is 1. The maximum atomic E-state index is 12.7. The minimum Gasteiger partial charge on any atom is -0.388 e. The van der Waals surface area contributed by atoms with Crippen LogP contribution in [0.25, 0.3) is 6.08 Å². The van der Waals surface area contributed by atoms with Crippen molar-refractivity contribution in [3.63, 3.8) is 0 Å². The number of rotatable bonds is 4. The van der Waals surface area contributed by atoms with Crippen LogP contribution in [0.1, 0.15) is 5.56 Å². The normalized spacial score (nSPS) is 18.2. The second-order valence-corrected chi connectivity index (χ2v) is 4.39. The summed E-state index contributed by atoms with van der Waals surface area (Å²) in [5.74, 6) is -0.249. The van der Waals surface area contributed by atoms with Gasteiger partial charge in [0.1, 0.15) is 5.82 Å². The molecule has 5 heteroatoms. The van der Waals surface area contributed by atoms with Crippen molar-refractivity contribution in [1.82, 2.24) is 4.90 Å².